The van der Waals surface area contributed by atoms with E-state index in [2.05, 4.69) is 5.32 Å². The number of nitrogens with one attached hydrogen (secondary N) is 1. The second kappa shape index (κ2) is 9.13. The van der Waals surface area contributed by atoms with Gasteiger partial charge in [-0.3, -0.25) is 0 Å². The molecule has 0 saturated carbocycles. The van der Waals surface area contributed by atoms with Crippen LogP contribution in [0.3, 0.4) is 0 Å². The van der Waals surface area contributed by atoms with E-state index >= 15 is 0 Å². The number of hydrogen-bond donors (Lipinski definition) is 1. The lowest BCUT2D eigenvalue weighted by Gasteiger charge is -2.29. The highest BCUT2D eigenvalue weighted by Crippen LogP contribution is 2.26. The van der Waals surface area contributed by atoms with Crippen molar-refractivity contribution in [2.24, 2.45) is 0 Å². The van der Waals surface area contributed by atoms with Crippen LogP contribution in [0.25, 0.3) is 0 Å². The topological polar surface area (TPSA) is 120 Å². The maximum Gasteiger partial charge on any atom is 0.424 e. The average molecular weight is 462 g/mol. The summed E-state index contributed by atoms with van der Waals surface area (Å²) < 4.78 is 20.8. The van der Waals surface area contributed by atoms with E-state index in [9.17, 15) is 19.2 Å². The number of benzene rings is 1. The van der Waals surface area contributed by atoms with Gasteiger partial charge in [0, 0.05) is 25.7 Å². The van der Waals surface area contributed by atoms with Gasteiger partial charge in [-0.25, -0.2) is 19.2 Å². The Bertz CT molecular complexity index is 933. The van der Waals surface area contributed by atoms with E-state index in [0.717, 1.165) is 11.1 Å². The Labute approximate surface area is 192 Å². The fourth-order valence-corrected chi connectivity index (χ4v) is 2.57. The van der Waals surface area contributed by atoms with Crippen molar-refractivity contribution in [2.75, 3.05) is 10.2 Å². The number of rotatable bonds is 3. The third kappa shape index (κ3) is 7.51. The zero-order valence-electron chi connectivity index (χ0n) is 20.1. The molecule has 1 aliphatic heterocycles. The lowest BCUT2D eigenvalue weighted by molar-refractivity contribution is -0.222. The number of nitrogens with zero attached hydrogens (tertiary/aromatic N) is 1. The molecular weight excluding hydrogens is 432 g/mol. The van der Waals surface area contributed by atoms with Crippen LogP contribution in [0, 0.1) is 0 Å². The van der Waals surface area contributed by atoms with Crippen molar-refractivity contribution in [3.8, 4) is 0 Å². The number of carbonyl (C=O) groups excluding carboxylic acids is 4. The second-order valence-corrected chi connectivity index (χ2v) is 9.73. The molecule has 1 aromatic carbocycles. The largest absolute Gasteiger partial charge is 0.443 e. The quantitative estimate of drug-likeness (QED) is 0.300. The Hall–Kier alpha value is -3.56. The molecule has 1 aromatic rings. The highest BCUT2D eigenvalue weighted by Gasteiger charge is 2.39. The Kier molecular flexibility index (Phi) is 7.11. The van der Waals surface area contributed by atoms with Crippen LogP contribution in [0.15, 0.2) is 36.0 Å². The third-order valence-corrected chi connectivity index (χ3v) is 3.76. The zero-order valence-corrected chi connectivity index (χ0v) is 20.1. The number of amides is 2. The summed E-state index contributed by atoms with van der Waals surface area (Å²) in [5.74, 6) is -3.04. The molecular formula is C23H30N2O8. The van der Waals surface area contributed by atoms with Gasteiger partial charge in [-0.05, 0) is 59.7 Å². The fraction of sp³-hybridized carbons (Fsp3) is 0.478. The Balaban J connectivity index is 2.33. The van der Waals surface area contributed by atoms with E-state index in [1.54, 1.807) is 53.7 Å². The molecule has 180 valence electrons. The minimum absolute atomic E-state index is 0.150. The first-order valence-electron chi connectivity index (χ1n) is 10.3. The molecule has 33 heavy (non-hydrogen) atoms. The molecule has 1 heterocycles. The standard InChI is InChI=1S/C23H30N2O8/c1-21(2,3)32-19(28)25(20(29)33-22(4,5)6)15-11-9-10-14(12-15)24-13-16-17(26)30-23(7,8)31-18(16)27/h9-13,24H,1-8H3. The number of esters is 2. The summed E-state index contributed by atoms with van der Waals surface area (Å²) >= 11 is 0. The molecule has 0 aliphatic carbocycles. The van der Waals surface area contributed by atoms with Crippen LogP contribution >= 0.6 is 0 Å². The molecule has 0 spiro atoms. The smallest absolute Gasteiger partial charge is 0.424 e. The van der Waals surface area contributed by atoms with Gasteiger partial charge in [0.2, 0.25) is 0 Å². The third-order valence-electron chi connectivity index (χ3n) is 3.76. The molecule has 10 nitrogen and oxygen atoms in total. The number of anilines is 2. The normalized spacial score (nSPS) is 15.7. The highest BCUT2D eigenvalue weighted by atomic mass is 16.7. The minimum Gasteiger partial charge on any atom is -0.443 e. The van der Waals surface area contributed by atoms with Gasteiger partial charge in [0.1, 0.15) is 11.2 Å². The number of carbonyl (C=O) groups is 4. The van der Waals surface area contributed by atoms with Gasteiger partial charge in [0.05, 0.1) is 5.69 Å². The number of imide groups is 1. The van der Waals surface area contributed by atoms with Crippen LogP contribution in [0.4, 0.5) is 21.0 Å². The van der Waals surface area contributed by atoms with Gasteiger partial charge in [-0.2, -0.15) is 4.90 Å². The van der Waals surface area contributed by atoms with E-state index < -0.39 is 41.1 Å². The predicted molar refractivity (Wildman–Crippen MR) is 119 cm³/mol. The van der Waals surface area contributed by atoms with Crippen LogP contribution in [0.5, 0.6) is 0 Å². The van der Waals surface area contributed by atoms with Crippen molar-refractivity contribution in [3.63, 3.8) is 0 Å². The van der Waals surface area contributed by atoms with Gasteiger partial charge in [0.15, 0.2) is 5.57 Å². The Morgan fingerprint density at radius 1 is 0.939 bits per heavy atom. The Morgan fingerprint density at radius 3 is 1.88 bits per heavy atom. The lowest BCUT2D eigenvalue weighted by Crippen LogP contribution is -2.43. The van der Waals surface area contributed by atoms with Crippen molar-refractivity contribution in [1.82, 2.24) is 0 Å². The first-order valence-corrected chi connectivity index (χ1v) is 10.3. The van der Waals surface area contributed by atoms with Gasteiger partial charge in [0.25, 0.3) is 5.79 Å². The number of ether oxygens (including phenoxy) is 4. The molecule has 2 rings (SSSR count). The molecule has 0 bridgehead atoms. The van der Waals surface area contributed by atoms with E-state index in [1.165, 1.54) is 26.0 Å². The fourth-order valence-electron chi connectivity index (χ4n) is 2.57. The molecule has 0 atom stereocenters. The lowest BCUT2D eigenvalue weighted by atomic mass is 10.2. The Morgan fingerprint density at radius 2 is 1.42 bits per heavy atom. The molecule has 10 heteroatoms. The molecule has 1 N–H and O–H groups in total. The first kappa shape index (κ1) is 25.7. The maximum atomic E-state index is 12.8. The van der Waals surface area contributed by atoms with E-state index in [-0.39, 0.29) is 11.3 Å². The van der Waals surface area contributed by atoms with Crippen LogP contribution in [-0.2, 0) is 28.5 Å². The van der Waals surface area contributed by atoms with E-state index in [4.69, 9.17) is 18.9 Å². The van der Waals surface area contributed by atoms with Crippen molar-refractivity contribution < 1.29 is 38.1 Å². The van der Waals surface area contributed by atoms with Crippen molar-refractivity contribution in [2.45, 2.75) is 72.4 Å². The first-order chi connectivity index (χ1) is 15.0. The summed E-state index contributed by atoms with van der Waals surface area (Å²) in [6.45, 7) is 12.9. The minimum atomic E-state index is -1.35. The van der Waals surface area contributed by atoms with Crippen LogP contribution in [-0.4, -0.2) is 41.1 Å². The van der Waals surface area contributed by atoms with Crippen LogP contribution in [0.2, 0.25) is 0 Å². The van der Waals surface area contributed by atoms with E-state index in [0.29, 0.717) is 5.69 Å². The van der Waals surface area contributed by atoms with Crippen molar-refractivity contribution in [1.29, 1.82) is 0 Å². The molecule has 2 amide bonds. The molecule has 0 aromatic heterocycles. The SMILES string of the molecule is CC(C)(C)OC(=O)N(C(=O)OC(C)(C)C)c1cccc(NC=C2C(=O)OC(C)(C)OC2=O)c1. The summed E-state index contributed by atoms with van der Waals surface area (Å²) in [6.07, 6.45) is -0.715. The van der Waals surface area contributed by atoms with Crippen molar-refractivity contribution in [3.05, 3.63) is 36.0 Å². The summed E-state index contributed by atoms with van der Waals surface area (Å²) in [5.41, 5.74) is -1.53. The monoisotopic (exact) mass is 462 g/mol. The summed E-state index contributed by atoms with van der Waals surface area (Å²) in [7, 11) is 0. The van der Waals surface area contributed by atoms with Gasteiger partial charge < -0.3 is 24.3 Å². The van der Waals surface area contributed by atoms with Gasteiger partial charge in [-0.15, -0.1) is 0 Å². The summed E-state index contributed by atoms with van der Waals surface area (Å²) in [5, 5.41) is 2.78. The number of hydrogen-bond acceptors (Lipinski definition) is 9. The molecule has 0 radical (unpaired) electrons. The number of cyclic esters (lactones) is 2. The van der Waals surface area contributed by atoms with Crippen LogP contribution < -0.4 is 10.2 Å². The maximum absolute atomic E-state index is 12.8. The second-order valence-electron chi connectivity index (χ2n) is 9.73. The van der Waals surface area contributed by atoms with Crippen LogP contribution in [0.1, 0.15) is 55.4 Å². The van der Waals surface area contributed by atoms with Gasteiger partial charge in [-0.1, -0.05) is 6.07 Å². The molecule has 1 aliphatic rings. The molecule has 1 fully saturated rings. The summed E-state index contributed by atoms with van der Waals surface area (Å²) in [6, 6.07) is 6.14. The molecule has 0 unspecified atom stereocenters. The zero-order chi connectivity index (χ0) is 25.2. The van der Waals surface area contributed by atoms with Crippen molar-refractivity contribution >= 4 is 35.5 Å². The summed E-state index contributed by atoms with van der Waals surface area (Å²) in [4.78, 5) is 50.6. The van der Waals surface area contributed by atoms with E-state index in [1.807, 2.05) is 0 Å². The van der Waals surface area contributed by atoms with Gasteiger partial charge >= 0.3 is 24.1 Å². The predicted octanol–water partition coefficient (Wildman–Crippen LogP) is 4.50. The average Bonchev–Trinajstić information content (AvgIpc) is 2.57. The molecule has 1 saturated heterocycles. The highest BCUT2D eigenvalue weighted by molar-refractivity contribution is 6.15.